The number of ether oxygens (including phenoxy) is 2. The molecule has 1 heterocycles. The van der Waals surface area contributed by atoms with Crippen molar-refractivity contribution in [2.24, 2.45) is 0 Å². The summed E-state index contributed by atoms with van der Waals surface area (Å²) in [4.78, 5) is 0. The van der Waals surface area contributed by atoms with Crippen molar-refractivity contribution in [3.63, 3.8) is 0 Å². The Kier molecular flexibility index (Phi) is 6.13. The fraction of sp³-hybridized carbons (Fsp3) is 0.478. The van der Waals surface area contributed by atoms with E-state index in [1.165, 1.54) is 10.4 Å². The summed E-state index contributed by atoms with van der Waals surface area (Å²) in [5.74, 6) is -0.715. The van der Waals surface area contributed by atoms with Gasteiger partial charge in [0.1, 0.15) is 12.2 Å². The van der Waals surface area contributed by atoms with E-state index in [-0.39, 0.29) is 23.9 Å². The number of benzene rings is 2. The maximum Gasteiger partial charge on any atom is 0.261 e. The molecule has 2 aromatic carbocycles. The molecule has 1 fully saturated rings. The van der Waals surface area contributed by atoms with Crippen LogP contribution in [0.15, 0.2) is 60.7 Å². The third kappa shape index (κ3) is 4.09. The Bertz CT molecular complexity index is 716. The Balaban J connectivity index is 2.02. The van der Waals surface area contributed by atoms with Gasteiger partial charge in [0, 0.05) is 0 Å². The van der Waals surface area contributed by atoms with Gasteiger partial charge in [-0.25, -0.2) is 0 Å². The van der Waals surface area contributed by atoms with Gasteiger partial charge in [-0.15, -0.1) is 0 Å². The molecule has 0 amide bonds. The lowest BCUT2D eigenvalue weighted by atomic mass is 10.2. The van der Waals surface area contributed by atoms with Gasteiger partial charge >= 0.3 is 0 Å². The molecule has 5 heteroatoms. The number of aliphatic hydroxyl groups excluding tert-OH is 1. The lowest BCUT2D eigenvalue weighted by molar-refractivity contribution is -0.151. The van der Waals surface area contributed by atoms with Crippen LogP contribution in [0.5, 0.6) is 0 Å². The third-order valence-corrected chi connectivity index (χ3v) is 10.4. The van der Waals surface area contributed by atoms with Crippen molar-refractivity contribution >= 4 is 18.7 Å². The molecule has 2 atom stereocenters. The molecule has 152 valence electrons. The molecule has 0 radical (unpaired) electrons. The molecule has 0 unspecified atom stereocenters. The Hall–Kier alpha value is -1.50. The maximum atomic E-state index is 9.74. The van der Waals surface area contributed by atoms with Crippen LogP contribution in [-0.2, 0) is 13.9 Å². The highest BCUT2D eigenvalue weighted by Crippen LogP contribution is 2.38. The normalized spacial score (nSPS) is 22.4. The van der Waals surface area contributed by atoms with Gasteiger partial charge in [0.15, 0.2) is 5.79 Å². The minimum Gasteiger partial charge on any atom is -0.405 e. The highest BCUT2D eigenvalue weighted by molar-refractivity contribution is 6.99. The highest BCUT2D eigenvalue weighted by Gasteiger charge is 2.51. The molecule has 4 nitrogen and oxygen atoms in total. The second kappa shape index (κ2) is 8.09. The zero-order chi connectivity index (χ0) is 20.4. The van der Waals surface area contributed by atoms with E-state index in [4.69, 9.17) is 13.9 Å². The zero-order valence-corrected chi connectivity index (χ0v) is 18.5. The molecule has 1 aliphatic heterocycles. The van der Waals surface area contributed by atoms with E-state index in [1.54, 1.807) is 0 Å². The van der Waals surface area contributed by atoms with Crippen LogP contribution in [0.25, 0.3) is 0 Å². The summed E-state index contributed by atoms with van der Waals surface area (Å²) in [5.41, 5.74) is 0. The maximum absolute atomic E-state index is 9.74. The molecule has 1 aliphatic rings. The van der Waals surface area contributed by atoms with Crippen LogP contribution < -0.4 is 10.4 Å². The summed E-state index contributed by atoms with van der Waals surface area (Å²) in [6, 6.07) is 21.0. The molecule has 3 rings (SSSR count). The molecule has 2 aromatic rings. The van der Waals surface area contributed by atoms with Gasteiger partial charge < -0.3 is 19.0 Å². The van der Waals surface area contributed by atoms with Gasteiger partial charge in [0.25, 0.3) is 8.32 Å². The van der Waals surface area contributed by atoms with Crippen molar-refractivity contribution in [1.82, 2.24) is 0 Å². The van der Waals surface area contributed by atoms with Crippen molar-refractivity contribution in [2.75, 3.05) is 13.2 Å². The molecule has 1 N–H and O–H groups in total. The average Bonchev–Trinajstić information content (AvgIpc) is 2.97. The standard InChI is InChI=1S/C23H32O4Si/c1-22(2,3)28(18-12-8-6-9-13-18,19-14-10-7-11-15-19)25-17-21-20(16-24)26-23(4,5)27-21/h6-15,20-21,24H,16-17H2,1-5H3/t20-,21+/m0/s1. The van der Waals surface area contributed by atoms with E-state index in [0.29, 0.717) is 6.61 Å². The number of aliphatic hydroxyl groups is 1. The molecule has 0 spiro atoms. The van der Waals surface area contributed by atoms with Crippen LogP contribution >= 0.6 is 0 Å². The molecule has 0 bridgehead atoms. The first-order valence-electron chi connectivity index (χ1n) is 9.91. The van der Waals surface area contributed by atoms with E-state index in [2.05, 4.69) is 69.3 Å². The summed E-state index contributed by atoms with van der Waals surface area (Å²) in [6.07, 6.45) is -0.685. The molecular formula is C23H32O4Si. The highest BCUT2D eigenvalue weighted by atomic mass is 28.4. The Morgan fingerprint density at radius 2 is 1.36 bits per heavy atom. The largest absolute Gasteiger partial charge is 0.405 e. The van der Waals surface area contributed by atoms with Crippen molar-refractivity contribution in [2.45, 2.75) is 57.7 Å². The van der Waals surface area contributed by atoms with Crippen LogP contribution in [0, 0.1) is 0 Å². The van der Waals surface area contributed by atoms with Gasteiger partial charge in [0.05, 0.1) is 13.2 Å². The number of hydrogen-bond acceptors (Lipinski definition) is 4. The minimum atomic E-state index is -2.62. The fourth-order valence-electron chi connectivity index (χ4n) is 4.17. The summed E-state index contributed by atoms with van der Waals surface area (Å²) in [6.45, 7) is 10.8. The first kappa shape index (κ1) is 21.2. The van der Waals surface area contributed by atoms with Crippen molar-refractivity contribution in [3.05, 3.63) is 60.7 Å². The van der Waals surface area contributed by atoms with E-state index in [1.807, 2.05) is 26.0 Å². The van der Waals surface area contributed by atoms with Crippen LogP contribution in [0.2, 0.25) is 5.04 Å². The summed E-state index contributed by atoms with van der Waals surface area (Å²) in [7, 11) is -2.62. The summed E-state index contributed by atoms with van der Waals surface area (Å²) >= 11 is 0. The Morgan fingerprint density at radius 1 is 0.893 bits per heavy atom. The quantitative estimate of drug-likeness (QED) is 0.757. The second-order valence-corrected chi connectivity index (χ2v) is 13.2. The lowest BCUT2D eigenvalue weighted by Gasteiger charge is -2.43. The molecule has 1 saturated heterocycles. The Labute approximate surface area is 169 Å². The predicted octanol–water partition coefficient (Wildman–Crippen LogP) is 3.08. The van der Waals surface area contributed by atoms with Crippen molar-refractivity contribution in [3.8, 4) is 0 Å². The van der Waals surface area contributed by atoms with E-state index in [9.17, 15) is 5.11 Å². The molecular weight excluding hydrogens is 368 g/mol. The van der Waals surface area contributed by atoms with E-state index < -0.39 is 14.1 Å². The lowest BCUT2D eigenvalue weighted by Crippen LogP contribution is -2.67. The third-order valence-electron chi connectivity index (χ3n) is 5.35. The van der Waals surface area contributed by atoms with E-state index >= 15 is 0 Å². The monoisotopic (exact) mass is 400 g/mol. The first-order chi connectivity index (χ1) is 13.2. The summed E-state index contributed by atoms with van der Waals surface area (Å²) in [5, 5.41) is 12.1. The van der Waals surface area contributed by atoms with Gasteiger partial charge in [0.2, 0.25) is 0 Å². The smallest absolute Gasteiger partial charge is 0.261 e. The zero-order valence-electron chi connectivity index (χ0n) is 17.5. The van der Waals surface area contributed by atoms with Gasteiger partial charge in [-0.3, -0.25) is 0 Å². The van der Waals surface area contributed by atoms with Gasteiger partial charge in [-0.05, 0) is 29.3 Å². The average molecular weight is 401 g/mol. The SMILES string of the molecule is CC1(C)O[C@@H](CO)[C@@H](CO[Si](c2ccccc2)(c2ccccc2)C(C)(C)C)O1. The van der Waals surface area contributed by atoms with Crippen molar-refractivity contribution < 1.29 is 19.0 Å². The van der Waals surface area contributed by atoms with Gasteiger partial charge in [-0.2, -0.15) is 0 Å². The fourth-order valence-corrected chi connectivity index (χ4v) is 8.74. The number of rotatable bonds is 6. The Morgan fingerprint density at radius 3 is 1.79 bits per heavy atom. The van der Waals surface area contributed by atoms with Gasteiger partial charge in [-0.1, -0.05) is 81.4 Å². The molecule has 28 heavy (non-hydrogen) atoms. The minimum absolute atomic E-state index is 0.0851. The topological polar surface area (TPSA) is 47.9 Å². The summed E-state index contributed by atoms with van der Waals surface area (Å²) < 4.78 is 18.8. The van der Waals surface area contributed by atoms with E-state index in [0.717, 1.165) is 0 Å². The molecule has 0 aliphatic carbocycles. The number of hydrogen-bond donors (Lipinski definition) is 1. The molecule has 0 saturated carbocycles. The molecule has 0 aromatic heterocycles. The second-order valence-electron chi connectivity index (χ2n) is 8.87. The van der Waals surface area contributed by atoms with Crippen LogP contribution in [-0.4, -0.2) is 44.6 Å². The van der Waals surface area contributed by atoms with Crippen molar-refractivity contribution in [1.29, 1.82) is 0 Å². The first-order valence-corrected chi connectivity index (χ1v) is 11.8. The van der Waals surface area contributed by atoms with Crippen LogP contribution in [0.3, 0.4) is 0 Å². The predicted molar refractivity (Wildman–Crippen MR) is 114 cm³/mol. The van der Waals surface area contributed by atoms with Crippen LogP contribution in [0.4, 0.5) is 0 Å². The van der Waals surface area contributed by atoms with Crippen LogP contribution in [0.1, 0.15) is 34.6 Å².